The predicted molar refractivity (Wildman–Crippen MR) is 51.5 cm³/mol. The minimum Gasteiger partial charge on any atom is -0.475 e. The van der Waals surface area contributed by atoms with E-state index in [4.69, 9.17) is 5.11 Å². The highest BCUT2D eigenvalue weighted by Crippen LogP contribution is 2.46. The maximum Gasteiger partial charge on any atom is 0.377 e. The van der Waals surface area contributed by atoms with Gasteiger partial charge in [-0.15, -0.1) is 0 Å². The van der Waals surface area contributed by atoms with Crippen molar-refractivity contribution in [2.75, 3.05) is 0 Å². The van der Waals surface area contributed by atoms with Crippen LogP contribution in [0.3, 0.4) is 0 Å². The predicted octanol–water partition coefficient (Wildman–Crippen LogP) is 0.935. The molecule has 0 unspecified atom stereocenters. The van der Waals surface area contributed by atoms with Crippen molar-refractivity contribution in [3.63, 3.8) is 0 Å². The van der Waals surface area contributed by atoms with Crippen molar-refractivity contribution in [1.82, 2.24) is 0 Å². The quantitative estimate of drug-likeness (QED) is 0.570. The van der Waals surface area contributed by atoms with Gasteiger partial charge in [0.25, 0.3) is 5.78 Å². The second-order valence-corrected chi connectivity index (χ2v) is 3.71. The molecule has 1 fully saturated rings. The molecule has 15 heavy (non-hydrogen) atoms. The zero-order chi connectivity index (χ0) is 11.1. The lowest BCUT2D eigenvalue weighted by atomic mass is 9.98. The molecule has 0 aromatic heterocycles. The number of rotatable bonds is 3. The molecule has 0 bridgehead atoms. The van der Waals surface area contributed by atoms with Crippen LogP contribution in [0.15, 0.2) is 24.3 Å². The minimum absolute atomic E-state index is 0.0880. The van der Waals surface area contributed by atoms with Crippen molar-refractivity contribution >= 4 is 11.8 Å². The van der Waals surface area contributed by atoms with Gasteiger partial charge in [-0.1, -0.05) is 24.3 Å². The summed E-state index contributed by atoms with van der Waals surface area (Å²) in [7, 11) is 0. The van der Waals surface area contributed by atoms with E-state index in [1.807, 2.05) is 0 Å². The van der Waals surface area contributed by atoms with Crippen molar-refractivity contribution in [3.05, 3.63) is 35.4 Å². The SMILES string of the molecule is O=C(O)C(=O)c1ccccc1C1(O)CC1. The zero-order valence-electron chi connectivity index (χ0n) is 7.93. The van der Waals surface area contributed by atoms with Gasteiger partial charge in [-0.2, -0.15) is 0 Å². The molecular weight excluding hydrogens is 196 g/mol. The van der Waals surface area contributed by atoms with Crippen LogP contribution in [0.25, 0.3) is 0 Å². The molecular formula is C11H10O4. The summed E-state index contributed by atoms with van der Waals surface area (Å²) in [4.78, 5) is 21.9. The molecule has 0 radical (unpaired) electrons. The Morgan fingerprint density at radius 3 is 2.33 bits per heavy atom. The standard InChI is InChI=1S/C11H10O4/c12-9(10(13)14)7-3-1-2-4-8(7)11(15)5-6-11/h1-4,15H,5-6H2,(H,13,14). The fourth-order valence-corrected chi connectivity index (χ4v) is 1.59. The molecule has 1 aromatic rings. The molecule has 4 nitrogen and oxygen atoms in total. The third-order valence-electron chi connectivity index (χ3n) is 2.59. The van der Waals surface area contributed by atoms with Gasteiger partial charge >= 0.3 is 5.97 Å². The van der Waals surface area contributed by atoms with E-state index in [1.165, 1.54) is 6.07 Å². The monoisotopic (exact) mass is 206 g/mol. The van der Waals surface area contributed by atoms with Crippen LogP contribution in [0, 0.1) is 0 Å². The third kappa shape index (κ3) is 1.64. The number of hydrogen-bond acceptors (Lipinski definition) is 3. The first-order chi connectivity index (χ1) is 7.04. The Hall–Kier alpha value is -1.68. The Labute approximate surface area is 86.2 Å². The minimum atomic E-state index is -1.49. The van der Waals surface area contributed by atoms with Crippen molar-refractivity contribution in [3.8, 4) is 0 Å². The highest BCUT2D eigenvalue weighted by molar-refractivity contribution is 6.40. The van der Waals surface area contributed by atoms with Crippen molar-refractivity contribution in [2.45, 2.75) is 18.4 Å². The number of benzene rings is 1. The molecule has 0 heterocycles. The molecule has 2 rings (SSSR count). The molecule has 1 aliphatic rings. The smallest absolute Gasteiger partial charge is 0.377 e. The summed E-state index contributed by atoms with van der Waals surface area (Å²) < 4.78 is 0. The van der Waals surface area contributed by atoms with Crippen LogP contribution in [-0.4, -0.2) is 22.0 Å². The van der Waals surface area contributed by atoms with Gasteiger partial charge in [0.1, 0.15) is 0 Å². The summed E-state index contributed by atoms with van der Waals surface area (Å²) in [6.45, 7) is 0. The number of carbonyl (C=O) groups excluding carboxylic acids is 1. The molecule has 0 aliphatic heterocycles. The second kappa shape index (κ2) is 3.17. The van der Waals surface area contributed by atoms with E-state index >= 15 is 0 Å². The van der Waals surface area contributed by atoms with Crippen LogP contribution < -0.4 is 0 Å². The molecule has 0 amide bonds. The number of carbonyl (C=O) groups is 2. The maximum atomic E-state index is 11.3. The van der Waals surface area contributed by atoms with Crippen molar-refractivity contribution in [2.24, 2.45) is 0 Å². The van der Waals surface area contributed by atoms with Crippen LogP contribution in [-0.2, 0) is 10.4 Å². The number of Topliss-reactive ketones (excluding diaryl/α,β-unsaturated/α-hetero) is 1. The molecule has 1 saturated carbocycles. The first-order valence-electron chi connectivity index (χ1n) is 4.64. The number of carboxylic acid groups (broad SMARTS) is 1. The summed E-state index contributed by atoms with van der Waals surface area (Å²) in [6, 6.07) is 6.31. The molecule has 0 saturated heterocycles. The number of carboxylic acids is 1. The van der Waals surface area contributed by atoms with Gasteiger partial charge in [-0.05, 0) is 18.4 Å². The number of hydrogen-bond donors (Lipinski definition) is 2. The van der Waals surface area contributed by atoms with Gasteiger partial charge in [0.05, 0.1) is 5.60 Å². The summed E-state index contributed by atoms with van der Waals surface area (Å²) in [6.07, 6.45) is 1.16. The second-order valence-electron chi connectivity index (χ2n) is 3.71. The molecule has 1 aliphatic carbocycles. The van der Waals surface area contributed by atoms with Gasteiger partial charge in [-0.25, -0.2) is 4.79 Å². The van der Waals surface area contributed by atoms with Crippen molar-refractivity contribution < 1.29 is 19.8 Å². The van der Waals surface area contributed by atoms with Crippen molar-refractivity contribution in [1.29, 1.82) is 0 Å². The molecule has 4 heteroatoms. The summed E-state index contributed by atoms with van der Waals surface area (Å²) in [5, 5.41) is 18.5. The van der Waals surface area contributed by atoms with Crippen LogP contribution >= 0.6 is 0 Å². The Morgan fingerprint density at radius 2 is 1.80 bits per heavy atom. The van der Waals surface area contributed by atoms with Crippen LogP contribution in [0.4, 0.5) is 0 Å². The van der Waals surface area contributed by atoms with Gasteiger partial charge in [0, 0.05) is 5.56 Å². The van der Waals surface area contributed by atoms with Crippen LogP contribution in [0.2, 0.25) is 0 Å². The first kappa shape index (κ1) is 9.86. The van der Waals surface area contributed by atoms with E-state index in [9.17, 15) is 14.7 Å². The van der Waals surface area contributed by atoms with Crippen LogP contribution in [0.1, 0.15) is 28.8 Å². The topological polar surface area (TPSA) is 74.6 Å². The molecule has 0 atom stereocenters. The highest BCUT2D eigenvalue weighted by atomic mass is 16.4. The van der Waals surface area contributed by atoms with E-state index in [1.54, 1.807) is 18.2 Å². The Balaban J connectivity index is 2.47. The average molecular weight is 206 g/mol. The van der Waals surface area contributed by atoms with E-state index in [-0.39, 0.29) is 5.56 Å². The third-order valence-corrected chi connectivity index (χ3v) is 2.59. The zero-order valence-corrected chi connectivity index (χ0v) is 7.93. The Bertz CT molecular complexity index is 432. The molecule has 78 valence electrons. The number of aliphatic carboxylic acids is 1. The average Bonchev–Trinajstić information content (AvgIpc) is 2.96. The molecule has 0 spiro atoms. The fraction of sp³-hybridized carbons (Fsp3) is 0.273. The van der Waals surface area contributed by atoms with Crippen LogP contribution in [0.5, 0.6) is 0 Å². The lowest BCUT2D eigenvalue weighted by molar-refractivity contribution is -0.131. The highest BCUT2D eigenvalue weighted by Gasteiger charge is 2.44. The number of aliphatic hydroxyl groups is 1. The largest absolute Gasteiger partial charge is 0.475 e. The van der Waals surface area contributed by atoms with Gasteiger partial charge in [0.15, 0.2) is 0 Å². The normalized spacial score (nSPS) is 17.1. The van der Waals surface area contributed by atoms with Gasteiger partial charge in [0.2, 0.25) is 0 Å². The fourth-order valence-electron chi connectivity index (χ4n) is 1.59. The lowest BCUT2D eigenvalue weighted by Crippen LogP contribution is -2.18. The van der Waals surface area contributed by atoms with E-state index < -0.39 is 17.4 Å². The number of ketones is 1. The van der Waals surface area contributed by atoms with E-state index in [0.29, 0.717) is 18.4 Å². The summed E-state index contributed by atoms with van der Waals surface area (Å²) in [5.41, 5.74) is -0.468. The lowest BCUT2D eigenvalue weighted by Gasteiger charge is -2.11. The van der Waals surface area contributed by atoms with Gasteiger partial charge < -0.3 is 10.2 Å². The maximum absolute atomic E-state index is 11.3. The molecule has 1 aromatic carbocycles. The first-order valence-corrected chi connectivity index (χ1v) is 4.64. The summed E-state index contributed by atoms with van der Waals surface area (Å²) >= 11 is 0. The molecule has 2 N–H and O–H groups in total. The van der Waals surface area contributed by atoms with E-state index in [0.717, 1.165) is 0 Å². The van der Waals surface area contributed by atoms with Gasteiger partial charge in [-0.3, -0.25) is 4.79 Å². The summed E-state index contributed by atoms with van der Waals surface area (Å²) in [5.74, 6) is -2.46. The Morgan fingerprint density at radius 1 is 1.20 bits per heavy atom. The Kier molecular flexibility index (Phi) is 2.08. The van der Waals surface area contributed by atoms with E-state index in [2.05, 4.69) is 0 Å².